The van der Waals surface area contributed by atoms with Crippen LogP contribution in [0.1, 0.15) is 27.7 Å². The molecule has 0 spiro atoms. The molecule has 0 N–H and O–H groups in total. The minimum absolute atomic E-state index is 1.22. The Kier molecular flexibility index (Phi) is 5.59. The van der Waals surface area contributed by atoms with Crippen molar-refractivity contribution in [3.63, 3.8) is 0 Å². The van der Waals surface area contributed by atoms with E-state index in [1.54, 1.807) is 0 Å². The molecule has 0 aliphatic rings. The molecule has 0 aromatic rings. The fourth-order valence-corrected chi connectivity index (χ4v) is 3.60. The van der Waals surface area contributed by atoms with Crippen molar-refractivity contribution in [3.8, 4) is 23.3 Å². The SMILES string of the molecule is CC#CC#C[Si](CC)(CC)CC. The maximum absolute atomic E-state index is 3.40. The number of hydrogen-bond acceptors (Lipinski definition) is 0. The van der Waals surface area contributed by atoms with Gasteiger partial charge in [0, 0.05) is 0 Å². The summed E-state index contributed by atoms with van der Waals surface area (Å²) >= 11 is 0. The van der Waals surface area contributed by atoms with Crippen molar-refractivity contribution in [1.82, 2.24) is 0 Å². The van der Waals surface area contributed by atoms with Crippen LogP contribution >= 0.6 is 0 Å². The summed E-state index contributed by atoms with van der Waals surface area (Å²) in [6.45, 7) is 8.61. The van der Waals surface area contributed by atoms with Gasteiger partial charge < -0.3 is 0 Å². The lowest BCUT2D eigenvalue weighted by molar-refractivity contribution is 1.20. The molecule has 0 nitrogen and oxygen atoms in total. The third-order valence-electron chi connectivity index (χ3n) is 2.55. The number of rotatable bonds is 3. The van der Waals surface area contributed by atoms with E-state index in [4.69, 9.17) is 0 Å². The van der Waals surface area contributed by atoms with Gasteiger partial charge in [0.05, 0.1) is 0 Å². The standard InChI is InChI=1S/C11H18Si/c1-5-9-10-11-12(6-2,7-3)8-4/h6-8H2,1-4H3. The van der Waals surface area contributed by atoms with Crippen LogP contribution in [0.3, 0.4) is 0 Å². The van der Waals surface area contributed by atoms with Crippen molar-refractivity contribution in [2.75, 3.05) is 0 Å². The molecule has 1 heteroatoms. The molecule has 0 amide bonds. The quantitative estimate of drug-likeness (QED) is 0.460. The Balaban J connectivity index is 4.50. The molecule has 0 aliphatic carbocycles. The summed E-state index contributed by atoms with van der Waals surface area (Å²) in [6.07, 6.45) is 0. The van der Waals surface area contributed by atoms with Crippen molar-refractivity contribution >= 4 is 8.07 Å². The molecule has 0 rings (SSSR count). The second kappa shape index (κ2) is 5.92. The zero-order chi connectivity index (χ0) is 9.45. The Labute approximate surface area is 77.8 Å². The van der Waals surface area contributed by atoms with E-state index in [-0.39, 0.29) is 0 Å². The molecule has 0 aliphatic heterocycles. The third-order valence-corrected chi connectivity index (χ3v) is 7.26. The first-order chi connectivity index (χ1) is 5.74. The van der Waals surface area contributed by atoms with E-state index in [1.807, 2.05) is 6.92 Å². The van der Waals surface area contributed by atoms with Gasteiger partial charge in [0.1, 0.15) is 8.07 Å². The van der Waals surface area contributed by atoms with Crippen LogP contribution in [0.4, 0.5) is 0 Å². The molecular weight excluding hydrogens is 160 g/mol. The Bertz CT molecular complexity index is 219. The summed E-state index contributed by atoms with van der Waals surface area (Å²) < 4.78 is 0. The maximum Gasteiger partial charge on any atom is 0.139 e. The van der Waals surface area contributed by atoms with Crippen LogP contribution in [-0.4, -0.2) is 8.07 Å². The van der Waals surface area contributed by atoms with Gasteiger partial charge in [0.2, 0.25) is 0 Å². The molecule has 0 saturated carbocycles. The monoisotopic (exact) mass is 178 g/mol. The lowest BCUT2D eigenvalue weighted by atomic mass is 10.6. The first kappa shape index (κ1) is 11.3. The highest BCUT2D eigenvalue weighted by molar-refractivity contribution is 6.87. The average Bonchev–Trinajstić information content (AvgIpc) is 2.14. The van der Waals surface area contributed by atoms with Crippen molar-refractivity contribution in [3.05, 3.63) is 0 Å². The summed E-state index contributed by atoms with van der Waals surface area (Å²) in [6, 6.07) is 3.79. The smallest absolute Gasteiger partial charge is 0.117 e. The highest BCUT2D eigenvalue weighted by Crippen LogP contribution is 2.18. The van der Waals surface area contributed by atoms with Crippen LogP contribution in [0.5, 0.6) is 0 Å². The van der Waals surface area contributed by atoms with Crippen LogP contribution in [-0.2, 0) is 0 Å². The predicted molar refractivity (Wildman–Crippen MR) is 58.4 cm³/mol. The van der Waals surface area contributed by atoms with E-state index >= 15 is 0 Å². The second-order valence-electron chi connectivity index (χ2n) is 2.97. The van der Waals surface area contributed by atoms with Gasteiger partial charge in [-0.3, -0.25) is 0 Å². The van der Waals surface area contributed by atoms with Crippen molar-refractivity contribution < 1.29 is 0 Å². The van der Waals surface area contributed by atoms with Crippen LogP contribution in [0, 0.1) is 23.3 Å². The van der Waals surface area contributed by atoms with E-state index < -0.39 is 8.07 Å². The number of hydrogen-bond donors (Lipinski definition) is 0. The van der Waals surface area contributed by atoms with E-state index in [0.717, 1.165) is 0 Å². The molecule has 0 radical (unpaired) electrons. The zero-order valence-electron chi connectivity index (χ0n) is 8.62. The Morgan fingerprint density at radius 3 is 1.75 bits per heavy atom. The fourth-order valence-electron chi connectivity index (χ4n) is 1.24. The molecule has 0 unspecified atom stereocenters. The predicted octanol–water partition coefficient (Wildman–Crippen LogP) is 3.06. The van der Waals surface area contributed by atoms with Gasteiger partial charge in [-0.15, -0.1) is 5.54 Å². The summed E-state index contributed by atoms with van der Waals surface area (Å²) in [5.41, 5.74) is 3.40. The lowest BCUT2D eigenvalue weighted by Gasteiger charge is -2.19. The highest BCUT2D eigenvalue weighted by Gasteiger charge is 2.23. The summed E-state index contributed by atoms with van der Waals surface area (Å²) in [5, 5.41) is 0. The Morgan fingerprint density at radius 1 is 0.917 bits per heavy atom. The molecule has 0 saturated heterocycles. The maximum atomic E-state index is 3.40. The van der Waals surface area contributed by atoms with Gasteiger partial charge in [-0.2, -0.15) is 0 Å². The minimum atomic E-state index is -1.22. The van der Waals surface area contributed by atoms with Crippen molar-refractivity contribution in [2.24, 2.45) is 0 Å². The van der Waals surface area contributed by atoms with Crippen LogP contribution < -0.4 is 0 Å². The molecule has 66 valence electrons. The van der Waals surface area contributed by atoms with Gasteiger partial charge in [0.15, 0.2) is 0 Å². The summed E-state index contributed by atoms with van der Waals surface area (Å²) in [7, 11) is -1.22. The Hall–Kier alpha value is -0.663. The molecule has 0 aromatic carbocycles. The Morgan fingerprint density at radius 2 is 1.42 bits per heavy atom. The van der Waals surface area contributed by atoms with E-state index in [1.165, 1.54) is 18.1 Å². The first-order valence-electron chi connectivity index (χ1n) is 4.68. The van der Waals surface area contributed by atoms with Gasteiger partial charge in [-0.05, 0) is 36.9 Å². The first-order valence-corrected chi connectivity index (χ1v) is 7.30. The lowest BCUT2D eigenvalue weighted by Crippen LogP contribution is -2.29. The van der Waals surface area contributed by atoms with Crippen LogP contribution in [0.25, 0.3) is 0 Å². The largest absolute Gasteiger partial charge is 0.139 e. The topological polar surface area (TPSA) is 0 Å². The van der Waals surface area contributed by atoms with Gasteiger partial charge in [0.25, 0.3) is 0 Å². The molecule has 0 heterocycles. The molecular formula is C11H18Si. The minimum Gasteiger partial charge on any atom is -0.117 e. The fraction of sp³-hybridized carbons (Fsp3) is 0.636. The van der Waals surface area contributed by atoms with E-state index in [0.29, 0.717) is 0 Å². The van der Waals surface area contributed by atoms with Crippen LogP contribution in [0.15, 0.2) is 0 Å². The van der Waals surface area contributed by atoms with E-state index in [9.17, 15) is 0 Å². The third kappa shape index (κ3) is 3.16. The van der Waals surface area contributed by atoms with E-state index in [2.05, 4.69) is 44.1 Å². The summed E-state index contributed by atoms with van der Waals surface area (Å²) in [5.74, 6) is 8.62. The highest BCUT2D eigenvalue weighted by atomic mass is 28.3. The molecule has 0 bridgehead atoms. The molecule has 0 atom stereocenters. The van der Waals surface area contributed by atoms with Crippen LogP contribution in [0.2, 0.25) is 18.1 Å². The average molecular weight is 178 g/mol. The van der Waals surface area contributed by atoms with Crippen molar-refractivity contribution in [2.45, 2.75) is 45.8 Å². The summed E-state index contributed by atoms with van der Waals surface area (Å²) in [4.78, 5) is 0. The molecule has 12 heavy (non-hydrogen) atoms. The van der Waals surface area contributed by atoms with Gasteiger partial charge in [-0.1, -0.05) is 26.7 Å². The molecule has 0 fully saturated rings. The molecule has 0 aromatic heterocycles. The zero-order valence-corrected chi connectivity index (χ0v) is 9.62. The normalized spacial score (nSPS) is 9.33. The van der Waals surface area contributed by atoms with Gasteiger partial charge in [-0.25, -0.2) is 0 Å². The second-order valence-corrected chi connectivity index (χ2v) is 7.90. The van der Waals surface area contributed by atoms with Gasteiger partial charge >= 0.3 is 0 Å². The van der Waals surface area contributed by atoms with Crippen molar-refractivity contribution in [1.29, 1.82) is 0 Å².